The van der Waals surface area contributed by atoms with Crippen molar-refractivity contribution >= 4 is 11.9 Å². The van der Waals surface area contributed by atoms with Crippen molar-refractivity contribution in [2.45, 2.75) is 45.1 Å². The molecule has 0 bridgehead atoms. The number of carbonyl (C=O) groups excluding carboxylic acids is 1. The summed E-state index contributed by atoms with van der Waals surface area (Å²) >= 11 is 0. The highest BCUT2D eigenvalue weighted by molar-refractivity contribution is 5.96. The summed E-state index contributed by atoms with van der Waals surface area (Å²) in [6.07, 6.45) is 4.47. The molecule has 0 aliphatic heterocycles. The highest BCUT2D eigenvalue weighted by atomic mass is 16.5. The number of hydrogen-bond donors (Lipinski definition) is 2. The van der Waals surface area contributed by atoms with Crippen LogP contribution in [0.5, 0.6) is 0 Å². The molecule has 1 aromatic rings. The summed E-state index contributed by atoms with van der Waals surface area (Å²) in [4.78, 5) is 23.8. The van der Waals surface area contributed by atoms with Gasteiger partial charge in [-0.1, -0.05) is 24.9 Å². The highest BCUT2D eigenvalue weighted by Gasteiger charge is 2.46. The van der Waals surface area contributed by atoms with E-state index in [1.165, 1.54) is 6.20 Å². The Balaban J connectivity index is 2.24. The third-order valence-electron chi connectivity index (χ3n) is 3.97. The number of carbonyl (C=O) groups is 2. The summed E-state index contributed by atoms with van der Waals surface area (Å²) in [7, 11) is 0. The number of rotatable bonds is 3. The van der Waals surface area contributed by atoms with Gasteiger partial charge in [0.05, 0.1) is 6.20 Å². The predicted molar refractivity (Wildman–Crippen MR) is 66.7 cm³/mol. The molecule has 1 aliphatic carbocycles. The van der Waals surface area contributed by atoms with E-state index in [0.29, 0.717) is 12.0 Å². The number of nitrogens with one attached hydrogen (secondary N) is 1. The molecule has 1 aliphatic rings. The molecule has 1 aromatic heterocycles. The Morgan fingerprint density at radius 3 is 2.79 bits per heavy atom. The quantitative estimate of drug-likeness (QED) is 0.869. The summed E-state index contributed by atoms with van der Waals surface area (Å²) in [5, 5.41) is 15.7. The van der Waals surface area contributed by atoms with E-state index in [0.717, 1.165) is 19.3 Å². The molecule has 6 nitrogen and oxygen atoms in total. The molecular formula is C13H18N2O4. The first kappa shape index (κ1) is 13.6. The molecule has 2 rings (SSSR count). The minimum Gasteiger partial charge on any atom is -0.479 e. The lowest BCUT2D eigenvalue weighted by atomic mass is 9.73. The number of amides is 1. The lowest BCUT2D eigenvalue weighted by molar-refractivity contribution is -0.148. The van der Waals surface area contributed by atoms with Gasteiger partial charge in [0.1, 0.15) is 5.54 Å². The number of aryl methyl sites for hydroxylation is 1. The maximum Gasteiger partial charge on any atom is 0.329 e. The number of carboxylic acid groups (broad SMARTS) is 1. The van der Waals surface area contributed by atoms with Gasteiger partial charge in [-0.25, -0.2) is 4.79 Å². The Hall–Kier alpha value is -1.85. The second-order valence-corrected chi connectivity index (χ2v) is 5.22. The summed E-state index contributed by atoms with van der Waals surface area (Å²) in [6, 6.07) is 0. The smallest absolute Gasteiger partial charge is 0.329 e. The predicted octanol–water partition coefficient (Wildman–Crippen LogP) is 1.75. The molecule has 2 atom stereocenters. The van der Waals surface area contributed by atoms with Crippen LogP contribution in [0.4, 0.5) is 0 Å². The topological polar surface area (TPSA) is 92.4 Å². The van der Waals surface area contributed by atoms with Crippen LogP contribution in [0.25, 0.3) is 0 Å². The van der Waals surface area contributed by atoms with Crippen molar-refractivity contribution < 1.29 is 19.2 Å². The lowest BCUT2D eigenvalue weighted by Gasteiger charge is -2.39. The Morgan fingerprint density at radius 1 is 1.53 bits per heavy atom. The van der Waals surface area contributed by atoms with Crippen LogP contribution in [0.1, 0.15) is 48.7 Å². The van der Waals surface area contributed by atoms with Gasteiger partial charge in [-0.15, -0.1) is 0 Å². The van der Waals surface area contributed by atoms with Gasteiger partial charge < -0.3 is 14.9 Å². The Kier molecular flexibility index (Phi) is 3.59. The van der Waals surface area contributed by atoms with Crippen LogP contribution in [0.2, 0.25) is 0 Å². The molecule has 2 unspecified atom stereocenters. The van der Waals surface area contributed by atoms with E-state index in [9.17, 15) is 14.7 Å². The molecule has 1 heterocycles. The zero-order valence-corrected chi connectivity index (χ0v) is 11.1. The van der Waals surface area contributed by atoms with Gasteiger partial charge in [-0.3, -0.25) is 4.79 Å². The second kappa shape index (κ2) is 5.03. The van der Waals surface area contributed by atoms with Crippen LogP contribution in [-0.2, 0) is 4.79 Å². The molecule has 0 spiro atoms. The minimum absolute atomic E-state index is 0.0819. The zero-order valence-electron chi connectivity index (χ0n) is 11.1. The Labute approximate surface area is 111 Å². The molecule has 19 heavy (non-hydrogen) atoms. The zero-order chi connectivity index (χ0) is 14.0. The fraction of sp³-hybridized carbons (Fsp3) is 0.615. The third kappa shape index (κ3) is 2.34. The van der Waals surface area contributed by atoms with Gasteiger partial charge in [0.2, 0.25) is 5.76 Å². The van der Waals surface area contributed by atoms with Gasteiger partial charge in [-0.05, 0) is 25.7 Å². The first-order valence-corrected chi connectivity index (χ1v) is 6.44. The van der Waals surface area contributed by atoms with Gasteiger partial charge in [-0.2, -0.15) is 0 Å². The van der Waals surface area contributed by atoms with Gasteiger partial charge in [0.25, 0.3) is 5.91 Å². The van der Waals surface area contributed by atoms with Crippen LogP contribution in [0.3, 0.4) is 0 Å². The number of aromatic nitrogens is 1. The fourth-order valence-electron chi connectivity index (χ4n) is 2.67. The highest BCUT2D eigenvalue weighted by Crippen LogP contribution is 2.34. The van der Waals surface area contributed by atoms with E-state index in [-0.39, 0.29) is 11.7 Å². The SMILES string of the molecule is Cc1cnoc1C(=O)NC1(C(=O)O)CCCCC1C. The molecule has 104 valence electrons. The van der Waals surface area contributed by atoms with Crippen molar-refractivity contribution in [3.8, 4) is 0 Å². The summed E-state index contributed by atoms with van der Waals surface area (Å²) in [6.45, 7) is 3.56. The average molecular weight is 266 g/mol. The van der Waals surface area contributed by atoms with E-state index < -0.39 is 17.4 Å². The van der Waals surface area contributed by atoms with Crippen molar-refractivity contribution in [2.75, 3.05) is 0 Å². The van der Waals surface area contributed by atoms with Gasteiger partial charge in [0.15, 0.2) is 0 Å². The minimum atomic E-state index is -1.20. The maximum absolute atomic E-state index is 12.1. The molecule has 6 heteroatoms. The van der Waals surface area contributed by atoms with Crippen molar-refractivity contribution in [2.24, 2.45) is 5.92 Å². The van der Waals surface area contributed by atoms with Crippen LogP contribution in [0.15, 0.2) is 10.7 Å². The fourth-order valence-corrected chi connectivity index (χ4v) is 2.67. The molecule has 1 saturated carbocycles. The van der Waals surface area contributed by atoms with E-state index in [4.69, 9.17) is 4.52 Å². The van der Waals surface area contributed by atoms with Crippen LogP contribution in [0, 0.1) is 12.8 Å². The van der Waals surface area contributed by atoms with E-state index in [2.05, 4.69) is 10.5 Å². The maximum atomic E-state index is 12.1. The van der Waals surface area contributed by atoms with Gasteiger partial charge >= 0.3 is 5.97 Å². The molecule has 1 amide bonds. The number of hydrogen-bond acceptors (Lipinski definition) is 4. The number of aliphatic carboxylic acids is 1. The summed E-state index contributed by atoms with van der Waals surface area (Å²) in [5.74, 6) is -1.51. The largest absolute Gasteiger partial charge is 0.479 e. The average Bonchev–Trinajstić information content (AvgIpc) is 2.78. The monoisotopic (exact) mass is 266 g/mol. The molecular weight excluding hydrogens is 248 g/mol. The van der Waals surface area contributed by atoms with Crippen molar-refractivity contribution in [3.05, 3.63) is 17.5 Å². The number of carboxylic acids is 1. The number of nitrogens with zero attached hydrogens (tertiary/aromatic N) is 1. The van der Waals surface area contributed by atoms with Crippen molar-refractivity contribution in [1.82, 2.24) is 10.5 Å². The van der Waals surface area contributed by atoms with Crippen LogP contribution >= 0.6 is 0 Å². The normalized spacial score (nSPS) is 26.9. The van der Waals surface area contributed by atoms with Crippen LogP contribution in [-0.4, -0.2) is 27.7 Å². The van der Waals surface area contributed by atoms with E-state index in [1.807, 2.05) is 6.92 Å². The lowest BCUT2D eigenvalue weighted by Crippen LogP contribution is -2.60. The molecule has 0 aromatic carbocycles. The van der Waals surface area contributed by atoms with Gasteiger partial charge in [0, 0.05) is 5.56 Å². The molecule has 2 N–H and O–H groups in total. The Morgan fingerprint density at radius 2 is 2.26 bits per heavy atom. The third-order valence-corrected chi connectivity index (χ3v) is 3.97. The molecule has 1 fully saturated rings. The van der Waals surface area contributed by atoms with E-state index >= 15 is 0 Å². The first-order valence-electron chi connectivity index (χ1n) is 6.44. The standard InChI is InChI=1S/C13H18N2O4/c1-8-7-14-19-10(8)11(16)15-13(12(17)18)6-4-3-5-9(13)2/h7,9H,3-6H2,1-2H3,(H,15,16)(H,17,18). The Bertz CT molecular complexity index is 497. The molecule has 0 saturated heterocycles. The molecule has 0 radical (unpaired) electrons. The second-order valence-electron chi connectivity index (χ2n) is 5.22. The van der Waals surface area contributed by atoms with Crippen molar-refractivity contribution in [3.63, 3.8) is 0 Å². The summed E-state index contributed by atoms with van der Waals surface area (Å²) in [5.41, 5.74) is -0.601. The van der Waals surface area contributed by atoms with E-state index in [1.54, 1.807) is 6.92 Å². The summed E-state index contributed by atoms with van der Waals surface area (Å²) < 4.78 is 4.87. The van der Waals surface area contributed by atoms with Crippen molar-refractivity contribution in [1.29, 1.82) is 0 Å². The van der Waals surface area contributed by atoms with Crippen LogP contribution < -0.4 is 5.32 Å². The first-order chi connectivity index (χ1) is 8.97.